The summed E-state index contributed by atoms with van der Waals surface area (Å²) in [5, 5.41) is 9.61. The van der Waals surface area contributed by atoms with Crippen LogP contribution in [0.5, 0.6) is 0 Å². The summed E-state index contributed by atoms with van der Waals surface area (Å²) in [4.78, 5) is 30.0. The fourth-order valence-electron chi connectivity index (χ4n) is 7.39. The zero-order chi connectivity index (χ0) is 33.2. The minimum atomic E-state index is -0.570. The number of amides is 2. The van der Waals surface area contributed by atoms with Crippen LogP contribution in [0.15, 0.2) is 97.1 Å². The lowest BCUT2D eigenvalue weighted by Gasteiger charge is -2.43. The molecule has 1 N–H and O–H groups in total. The molecule has 2 fully saturated rings. The van der Waals surface area contributed by atoms with Crippen LogP contribution < -0.4 is 0 Å². The number of nitrogens with zero attached hydrogens (tertiary/aromatic N) is 2. The lowest BCUT2D eigenvalue weighted by Crippen LogP contribution is -2.46. The van der Waals surface area contributed by atoms with Gasteiger partial charge in [0.05, 0.1) is 43.1 Å². The van der Waals surface area contributed by atoms with E-state index in [1.54, 1.807) is 31.4 Å². The quantitative estimate of drug-likeness (QED) is 0.196. The fourth-order valence-corrected chi connectivity index (χ4v) is 7.39. The highest BCUT2D eigenvalue weighted by Gasteiger charge is 2.41. The standard InChI is InChI=1S/C40H42N2O6/c1-26-36(23-41-21-7-9-32(41)25-46-2)47-40(48-37(26)29-15-13-27(24-43)14-16-29)30-19-17-28(18-20-30)33-10-4-3-8-31(33)22-42-38(44)34-11-5-6-12-35(34)39(42)45/h3-6,8,10-20,26,32,36-37,40,43H,7,9,21-25H2,1-2H3. The fraction of sp³-hybridized carbons (Fsp3) is 0.350. The van der Waals surface area contributed by atoms with Crippen molar-refractivity contribution < 1.29 is 28.9 Å². The summed E-state index contributed by atoms with van der Waals surface area (Å²) in [6.07, 6.45) is 1.45. The van der Waals surface area contributed by atoms with Gasteiger partial charge >= 0.3 is 0 Å². The third-order valence-electron chi connectivity index (χ3n) is 10.1. The molecule has 0 radical (unpaired) electrons. The Morgan fingerprint density at radius 3 is 2.12 bits per heavy atom. The predicted octanol–water partition coefficient (Wildman–Crippen LogP) is 6.54. The first-order valence-electron chi connectivity index (χ1n) is 16.8. The highest BCUT2D eigenvalue weighted by Crippen LogP contribution is 2.43. The van der Waals surface area contributed by atoms with Crippen molar-refractivity contribution in [2.45, 2.75) is 57.5 Å². The average molecular weight is 647 g/mol. The Bertz CT molecular complexity index is 1720. The lowest BCUT2D eigenvalue weighted by atomic mass is 9.89. The summed E-state index contributed by atoms with van der Waals surface area (Å²) < 4.78 is 19.0. The summed E-state index contributed by atoms with van der Waals surface area (Å²) in [5.74, 6) is -0.434. The van der Waals surface area contributed by atoms with Crippen molar-refractivity contribution in [3.8, 4) is 11.1 Å². The third-order valence-corrected chi connectivity index (χ3v) is 10.1. The molecule has 0 saturated carbocycles. The topological polar surface area (TPSA) is 88.5 Å². The van der Waals surface area contributed by atoms with Crippen molar-refractivity contribution in [2.24, 2.45) is 5.92 Å². The van der Waals surface area contributed by atoms with Crippen molar-refractivity contribution in [1.29, 1.82) is 0 Å². The molecule has 2 amide bonds. The molecule has 5 unspecified atom stereocenters. The van der Waals surface area contributed by atoms with E-state index in [-0.39, 0.29) is 43.1 Å². The smallest absolute Gasteiger partial charge is 0.261 e. The second kappa shape index (κ2) is 14.1. The number of hydrogen-bond acceptors (Lipinski definition) is 7. The Hall–Kier alpha value is -4.18. The van der Waals surface area contributed by atoms with E-state index in [1.807, 2.05) is 60.7 Å². The van der Waals surface area contributed by atoms with E-state index in [2.05, 4.69) is 24.0 Å². The molecular weight excluding hydrogens is 604 g/mol. The zero-order valence-corrected chi connectivity index (χ0v) is 27.5. The van der Waals surface area contributed by atoms with Gasteiger partial charge in [-0.3, -0.25) is 19.4 Å². The van der Waals surface area contributed by atoms with Crippen molar-refractivity contribution in [3.63, 3.8) is 0 Å². The van der Waals surface area contributed by atoms with Gasteiger partial charge in [-0.2, -0.15) is 0 Å². The van der Waals surface area contributed by atoms with E-state index in [9.17, 15) is 14.7 Å². The second-order valence-corrected chi connectivity index (χ2v) is 13.1. The SMILES string of the molecule is COCC1CCCN1CC1OC(c2ccc(-c3ccccc3CN3C(=O)c4ccccc4C3=O)cc2)OC(c2ccc(CO)cc2)C1C. The molecule has 5 atom stereocenters. The number of benzene rings is 4. The van der Waals surface area contributed by atoms with E-state index in [4.69, 9.17) is 14.2 Å². The van der Waals surface area contributed by atoms with Crippen LogP contribution in [0.25, 0.3) is 11.1 Å². The average Bonchev–Trinajstić information content (AvgIpc) is 3.66. The van der Waals surface area contributed by atoms with Gasteiger partial charge in [0.1, 0.15) is 0 Å². The van der Waals surface area contributed by atoms with Gasteiger partial charge in [-0.15, -0.1) is 0 Å². The first-order chi connectivity index (χ1) is 23.4. The van der Waals surface area contributed by atoms with E-state index in [0.29, 0.717) is 23.8 Å². The van der Waals surface area contributed by atoms with E-state index in [0.717, 1.165) is 59.3 Å². The summed E-state index contributed by atoms with van der Waals surface area (Å²) in [7, 11) is 1.76. The van der Waals surface area contributed by atoms with E-state index < -0.39 is 6.29 Å². The minimum Gasteiger partial charge on any atom is -0.392 e. The van der Waals surface area contributed by atoms with Crippen LogP contribution in [-0.2, 0) is 27.4 Å². The maximum Gasteiger partial charge on any atom is 0.261 e. The van der Waals surface area contributed by atoms with Crippen LogP contribution in [0.2, 0.25) is 0 Å². The van der Waals surface area contributed by atoms with Gasteiger partial charge in [-0.1, -0.05) is 91.9 Å². The molecule has 8 nitrogen and oxygen atoms in total. The van der Waals surface area contributed by atoms with Crippen molar-refractivity contribution >= 4 is 11.8 Å². The first-order valence-corrected chi connectivity index (χ1v) is 16.8. The number of imide groups is 1. The summed E-state index contributed by atoms with van der Waals surface area (Å²) in [6.45, 7) is 4.92. The van der Waals surface area contributed by atoms with Crippen LogP contribution in [0.4, 0.5) is 0 Å². The number of aliphatic hydroxyl groups is 1. The molecular formula is C40H42N2O6. The van der Waals surface area contributed by atoms with Gasteiger partial charge < -0.3 is 19.3 Å². The monoisotopic (exact) mass is 646 g/mol. The summed E-state index contributed by atoms with van der Waals surface area (Å²) >= 11 is 0. The second-order valence-electron chi connectivity index (χ2n) is 13.1. The number of hydrogen-bond donors (Lipinski definition) is 1. The molecule has 2 saturated heterocycles. The molecule has 3 heterocycles. The minimum absolute atomic E-state index is 0.000654. The van der Waals surface area contributed by atoms with Gasteiger partial charge in [0.25, 0.3) is 11.8 Å². The Labute approximate surface area is 281 Å². The van der Waals surface area contributed by atoms with Crippen molar-refractivity contribution in [3.05, 3.63) is 130 Å². The number of methoxy groups -OCH3 is 1. The molecule has 248 valence electrons. The number of ether oxygens (including phenoxy) is 3. The maximum atomic E-state index is 13.1. The molecule has 0 spiro atoms. The molecule has 4 aromatic rings. The highest BCUT2D eigenvalue weighted by molar-refractivity contribution is 6.21. The van der Waals surface area contributed by atoms with Crippen LogP contribution in [0, 0.1) is 5.92 Å². The van der Waals surface area contributed by atoms with Crippen LogP contribution >= 0.6 is 0 Å². The van der Waals surface area contributed by atoms with Crippen molar-refractivity contribution in [2.75, 3.05) is 26.8 Å². The molecule has 4 aromatic carbocycles. The van der Waals surface area contributed by atoms with Gasteiger partial charge in [0.15, 0.2) is 6.29 Å². The number of carbonyl (C=O) groups is 2. The summed E-state index contributed by atoms with van der Waals surface area (Å²) in [6, 6.07) is 31.4. The first kappa shape index (κ1) is 32.4. The highest BCUT2D eigenvalue weighted by atomic mass is 16.7. The van der Waals surface area contributed by atoms with Gasteiger partial charge in [-0.05, 0) is 59.3 Å². The summed E-state index contributed by atoms with van der Waals surface area (Å²) in [5.41, 5.74) is 6.57. The maximum absolute atomic E-state index is 13.1. The normalized spacial score (nSPS) is 24.3. The van der Waals surface area contributed by atoms with Crippen molar-refractivity contribution in [1.82, 2.24) is 9.80 Å². The van der Waals surface area contributed by atoms with Gasteiger partial charge in [0, 0.05) is 31.2 Å². The molecule has 3 aliphatic heterocycles. The number of likely N-dealkylation sites (tertiary alicyclic amines) is 1. The Morgan fingerprint density at radius 2 is 1.46 bits per heavy atom. The van der Waals surface area contributed by atoms with Gasteiger partial charge in [0.2, 0.25) is 0 Å². The molecule has 0 aromatic heterocycles. The number of rotatable bonds is 10. The Balaban J connectivity index is 1.13. The molecule has 3 aliphatic rings. The molecule has 48 heavy (non-hydrogen) atoms. The predicted molar refractivity (Wildman–Crippen MR) is 182 cm³/mol. The van der Waals surface area contributed by atoms with Crippen LogP contribution in [0.3, 0.4) is 0 Å². The molecule has 0 bridgehead atoms. The third kappa shape index (κ3) is 6.34. The number of carbonyl (C=O) groups excluding carboxylic acids is 2. The molecule has 0 aliphatic carbocycles. The van der Waals surface area contributed by atoms with Crippen LogP contribution in [-0.4, -0.2) is 65.7 Å². The zero-order valence-electron chi connectivity index (χ0n) is 27.5. The molecule has 7 rings (SSSR count). The Kier molecular flexibility index (Phi) is 9.52. The van der Waals surface area contributed by atoms with Gasteiger partial charge in [-0.25, -0.2) is 0 Å². The molecule has 8 heteroatoms. The van der Waals surface area contributed by atoms with E-state index in [1.165, 1.54) is 4.90 Å². The number of fused-ring (bicyclic) bond motifs is 1. The van der Waals surface area contributed by atoms with E-state index >= 15 is 0 Å². The lowest BCUT2D eigenvalue weighted by molar-refractivity contribution is -0.276. The number of aliphatic hydroxyl groups excluding tert-OH is 1. The largest absolute Gasteiger partial charge is 0.392 e. The Morgan fingerprint density at radius 1 is 0.812 bits per heavy atom. The van der Waals surface area contributed by atoms with Crippen LogP contribution in [0.1, 0.15) is 75.1 Å².